The number of aryl methyl sites for hydroxylation is 1. The lowest BCUT2D eigenvalue weighted by molar-refractivity contribution is -0.120. The Kier molecular flexibility index (Phi) is 6.66. The molecule has 2 aliphatic heterocycles. The summed E-state index contributed by atoms with van der Waals surface area (Å²) >= 11 is 1.78. The van der Waals surface area contributed by atoms with Gasteiger partial charge in [0.05, 0.1) is 31.1 Å². The minimum atomic E-state index is 0.0557. The molecule has 2 aliphatic rings. The van der Waals surface area contributed by atoms with E-state index in [9.17, 15) is 4.79 Å². The number of guanidine groups is 1. The van der Waals surface area contributed by atoms with Gasteiger partial charge in [0.1, 0.15) is 6.54 Å². The molecule has 0 saturated carbocycles. The van der Waals surface area contributed by atoms with E-state index in [0.29, 0.717) is 13.1 Å². The van der Waals surface area contributed by atoms with Gasteiger partial charge in [0.2, 0.25) is 5.91 Å². The molecule has 2 aromatic rings. The topological polar surface area (TPSA) is 78.2 Å². The molecule has 0 aromatic carbocycles. The van der Waals surface area contributed by atoms with Crippen LogP contribution in [0.25, 0.3) is 0 Å². The second-order valence-electron chi connectivity index (χ2n) is 7.45. The molecule has 0 spiro atoms. The summed E-state index contributed by atoms with van der Waals surface area (Å²) in [5, 5.41) is 9.81. The maximum Gasteiger partial charge on any atom is 0.246 e. The number of hydrogen-bond donors (Lipinski definition) is 1. The van der Waals surface area contributed by atoms with Gasteiger partial charge < -0.3 is 19.9 Å². The summed E-state index contributed by atoms with van der Waals surface area (Å²) in [5.41, 5.74) is 0.843. The predicted octanol–water partition coefficient (Wildman–Crippen LogP) is 0.779. The number of anilines is 1. The summed E-state index contributed by atoms with van der Waals surface area (Å²) in [6.45, 7) is 5.75. The maximum atomic E-state index is 12.8. The summed E-state index contributed by atoms with van der Waals surface area (Å²) in [4.78, 5) is 24.8. The number of hydrogen-bond acceptors (Lipinski definition) is 6. The third kappa shape index (κ3) is 4.66. The third-order valence-corrected chi connectivity index (χ3v) is 6.52. The molecule has 2 saturated heterocycles. The van der Waals surface area contributed by atoms with E-state index >= 15 is 0 Å². The number of aliphatic imine (C=N–C) groups is 1. The lowest BCUT2D eigenvalue weighted by Gasteiger charge is -2.37. The van der Waals surface area contributed by atoms with Crippen molar-refractivity contribution in [1.29, 1.82) is 0 Å². The molecule has 4 heterocycles. The van der Waals surface area contributed by atoms with Crippen molar-refractivity contribution in [2.45, 2.75) is 6.04 Å². The van der Waals surface area contributed by atoms with Gasteiger partial charge in [-0.05, 0) is 11.4 Å². The van der Waals surface area contributed by atoms with Gasteiger partial charge in [-0.2, -0.15) is 5.10 Å². The smallest absolute Gasteiger partial charge is 0.246 e. The van der Waals surface area contributed by atoms with Crippen LogP contribution in [0.1, 0.15) is 10.9 Å². The lowest BCUT2D eigenvalue weighted by Crippen LogP contribution is -2.56. The number of thiophene rings is 1. The Morgan fingerprint density at radius 3 is 2.80 bits per heavy atom. The molecule has 1 unspecified atom stereocenters. The van der Waals surface area contributed by atoms with E-state index in [1.165, 1.54) is 4.88 Å². The molecule has 1 N–H and O–H groups in total. The highest BCUT2D eigenvalue weighted by Crippen LogP contribution is 2.25. The first-order valence-electron chi connectivity index (χ1n) is 10.3. The van der Waals surface area contributed by atoms with Gasteiger partial charge in [0, 0.05) is 57.9 Å². The van der Waals surface area contributed by atoms with Crippen molar-refractivity contribution in [3.8, 4) is 0 Å². The van der Waals surface area contributed by atoms with E-state index in [-0.39, 0.29) is 11.9 Å². The normalized spacial score (nSPS) is 19.9. The van der Waals surface area contributed by atoms with Crippen molar-refractivity contribution in [1.82, 2.24) is 24.9 Å². The van der Waals surface area contributed by atoms with Crippen LogP contribution in [0.2, 0.25) is 0 Å². The highest BCUT2D eigenvalue weighted by molar-refractivity contribution is 7.10. The van der Waals surface area contributed by atoms with Crippen molar-refractivity contribution >= 4 is 28.9 Å². The van der Waals surface area contributed by atoms with E-state index in [1.54, 1.807) is 34.2 Å². The van der Waals surface area contributed by atoms with Crippen molar-refractivity contribution in [3.05, 3.63) is 34.8 Å². The Morgan fingerprint density at radius 1 is 1.33 bits per heavy atom. The molecular weight excluding hydrogens is 402 g/mol. The van der Waals surface area contributed by atoms with Crippen LogP contribution in [0.15, 0.2) is 34.9 Å². The van der Waals surface area contributed by atoms with Crippen molar-refractivity contribution in [2.24, 2.45) is 12.0 Å². The largest absolute Gasteiger partial charge is 0.379 e. The van der Waals surface area contributed by atoms with E-state index in [4.69, 9.17) is 4.74 Å². The fraction of sp³-hybridized carbons (Fsp3) is 0.550. The number of carbonyl (C=O) groups excluding carboxylic acids is 1. The first kappa shape index (κ1) is 20.8. The van der Waals surface area contributed by atoms with Crippen molar-refractivity contribution in [3.63, 3.8) is 0 Å². The van der Waals surface area contributed by atoms with Crippen molar-refractivity contribution < 1.29 is 9.53 Å². The zero-order valence-corrected chi connectivity index (χ0v) is 18.3. The highest BCUT2D eigenvalue weighted by atomic mass is 32.1. The maximum absolute atomic E-state index is 12.8. The Balaban J connectivity index is 1.38. The molecular formula is C20H29N7O2S. The monoisotopic (exact) mass is 431 g/mol. The molecule has 162 valence electrons. The van der Waals surface area contributed by atoms with Crippen LogP contribution in [0.4, 0.5) is 5.69 Å². The molecule has 1 amide bonds. The lowest BCUT2D eigenvalue weighted by atomic mass is 10.2. The second kappa shape index (κ2) is 9.59. The number of carbonyl (C=O) groups is 1. The molecule has 0 aliphatic carbocycles. The molecule has 10 heteroatoms. The summed E-state index contributed by atoms with van der Waals surface area (Å²) in [7, 11) is 3.63. The number of ether oxygens (including phenoxy) is 1. The SMILES string of the molecule is CN=C(NCC(c1cccs1)N1CCOCC1)N1CCN(c2cnn(C)c2)C(=O)C1. The highest BCUT2D eigenvalue weighted by Gasteiger charge is 2.29. The van der Waals surface area contributed by atoms with E-state index in [0.717, 1.165) is 51.0 Å². The van der Waals surface area contributed by atoms with Gasteiger partial charge in [-0.1, -0.05) is 6.07 Å². The number of piperazine rings is 1. The van der Waals surface area contributed by atoms with Crippen LogP contribution < -0.4 is 10.2 Å². The third-order valence-electron chi connectivity index (χ3n) is 5.55. The van der Waals surface area contributed by atoms with Gasteiger partial charge >= 0.3 is 0 Å². The zero-order valence-electron chi connectivity index (χ0n) is 17.5. The van der Waals surface area contributed by atoms with Crippen LogP contribution in [0, 0.1) is 0 Å². The molecule has 0 bridgehead atoms. The summed E-state index contributed by atoms with van der Waals surface area (Å²) < 4.78 is 7.24. The van der Waals surface area contributed by atoms with Crippen LogP contribution >= 0.6 is 11.3 Å². The number of morpholine rings is 1. The molecule has 9 nitrogen and oxygen atoms in total. The van der Waals surface area contributed by atoms with Gasteiger partial charge in [-0.15, -0.1) is 11.3 Å². The number of rotatable bonds is 5. The van der Waals surface area contributed by atoms with Crippen LogP contribution in [0.5, 0.6) is 0 Å². The number of amides is 1. The average molecular weight is 432 g/mol. The quantitative estimate of drug-likeness (QED) is 0.557. The molecule has 0 radical (unpaired) electrons. The number of nitrogens with zero attached hydrogens (tertiary/aromatic N) is 6. The molecule has 2 aromatic heterocycles. The number of nitrogens with one attached hydrogen (secondary N) is 1. The molecule has 4 rings (SSSR count). The van der Waals surface area contributed by atoms with Crippen LogP contribution in [-0.4, -0.2) is 91.0 Å². The van der Waals surface area contributed by atoms with E-state index < -0.39 is 0 Å². The minimum Gasteiger partial charge on any atom is -0.379 e. The molecule has 2 fully saturated rings. The van der Waals surface area contributed by atoms with Crippen LogP contribution in [-0.2, 0) is 16.6 Å². The summed E-state index contributed by atoms with van der Waals surface area (Å²) in [6, 6.07) is 4.54. The van der Waals surface area contributed by atoms with Crippen molar-refractivity contribution in [2.75, 3.05) is 64.4 Å². The molecule has 1 atom stereocenters. The summed E-state index contributed by atoms with van der Waals surface area (Å²) in [6.07, 6.45) is 3.60. The fourth-order valence-corrected chi connectivity index (χ4v) is 4.84. The van der Waals surface area contributed by atoms with Crippen LogP contribution in [0.3, 0.4) is 0 Å². The van der Waals surface area contributed by atoms with Gasteiger partial charge in [0.25, 0.3) is 0 Å². The zero-order chi connectivity index (χ0) is 20.9. The Hall–Kier alpha value is -2.43. The molecule has 30 heavy (non-hydrogen) atoms. The predicted molar refractivity (Wildman–Crippen MR) is 118 cm³/mol. The number of aromatic nitrogens is 2. The first-order valence-corrected chi connectivity index (χ1v) is 11.1. The summed E-state index contributed by atoms with van der Waals surface area (Å²) in [5.74, 6) is 0.823. The Morgan fingerprint density at radius 2 is 2.17 bits per heavy atom. The Labute approximate surface area is 180 Å². The van der Waals surface area contributed by atoms with Gasteiger partial charge in [0.15, 0.2) is 5.96 Å². The van der Waals surface area contributed by atoms with E-state index in [2.05, 4.69) is 37.8 Å². The second-order valence-corrected chi connectivity index (χ2v) is 8.43. The average Bonchev–Trinajstić information content (AvgIpc) is 3.44. The van der Waals surface area contributed by atoms with Gasteiger partial charge in [-0.25, -0.2) is 0 Å². The van der Waals surface area contributed by atoms with E-state index in [1.807, 2.05) is 18.1 Å². The first-order chi connectivity index (χ1) is 14.7. The standard InChI is InChI=1S/C20H29N7O2S/c1-21-20(26-5-6-27(19(28)15-26)16-12-23-24(2)14-16)22-13-17(18-4-3-11-30-18)25-7-9-29-10-8-25/h3-4,11-12,14,17H,5-10,13,15H2,1-2H3,(H,21,22). The minimum absolute atomic E-state index is 0.0557. The fourth-order valence-electron chi connectivity index (χ4n) is 3.97. The van der Waals surface area contributed by atoms with Gasteiger partial charge in [-0.3, -0.25) is 19.4 Å². The Bertz CT molecular complexity index is 860.